The molecule has 2 aromatic heterocycles. The van der Waals surface area contributed by atoms with E-state index >= 15 is 0 Å². The van der Waals surface area contributed by atoms with E-state index in [1.165, 1.54) is 76.7 Å². The summed E-state index contributed by atoms with van der Waals surface area (Å²) < 4.78 is 8.91. The molecule has 2 heterocycles. The average molecular weight is 748 g/mol. The number of hydrogen-bond donors (Lipinski definition) is 0. The molecule has 59 heavy (non-hydrogen) atoms. The summed E-state index contributed by atoms with van der Waals surface area (Å²) in [4.78, 5) is 5.45. The molecule has 3 nitrogen and oxygen atoms in total. The van der Waals surface area contributed by atoms with Crippen molar-refractivity contribution in [1.29, 1.82) is 0 Å². The van der Waals surface area contributed by atoms with Crippen LogP contribution in [0, 0.1) is 0 Å². The highest BCUT2D eigenvalue weighted by molar-refractivity contribution is 6.68. The van der Waals surface area contributed by atoms with Gasteiger partial charge in [0.15, 0.2) is 0 Å². The van der Waals surface area contributed by atoms with Crippen molar-refractivity contribution in [2.45, 2.75) is 0 Å². The summed E-state index contributed by atoms with van der Waals surface area (Å²) >= 11 is 0. The zero-order chi connectivity index (χ0) is 39.9. The average Bonchev–Trinajstić information content (AvgIpc) is 3.86. The summed E-state index contributed by atoms with van der Waals surface area (Å²) in [7, 11) is 11.3. The smallest absolute Gasteiger partial charge is 0.144 e. The Morgan fingerprint density at radius 3 is 1.76 bits per heavy atom. The highest BCUT2D eigenvalue weighted by atomic mass is 16.3. The van der Waals surface area contributed by atoms with Gasteiger partial charge < -0.3 is 4.42 Å². The molecule has 0 N–H and O–H groups in total. The lowest BCUT2D eigenvalue weighted by Gasteiger charge is -2.23. The van der Waals surface area contributed by atoms with Gasteiger partial charge in [-0.25, -0.2) is 4.98 Å². The standard InChI is InChI=1S/C51H37B5N2O/c52-46-45(47(53)49(55)50(56)48(46)54)51-57-37-20-8-10-22-39(37)58(51)38-21-9-6-17-33(38)42-30-15-4-5-16-31(30)43(36-27-29(25-26-32(36)42)28-13-2-1-3-14-28)35-19-12-24-41-44(35)34-18-7-11-23-40(34)59-41/h1-27H,52-56H2. The fourth-order valence-corrected chi connectivity index (χ4v) is 9.70. The predicted octanol–water partition coefficient (Wildman–Crippen LogP) is 5.19. The Balaban J connectivity index is 1.28. The first kappa shape index (κ1) is 35.3. The molecule has 0 atom stereocenters. The number of benzene rings is 9. The van der Waals surface area contributed by atoms with Gasteiger partial charge in [0, 0.05) is 21.9 Å². The van der Waals surface area contributed by atoms with Crippen LogP contribution < -0.4 is 27.3 Å². The van der Waals surface area contributed by atoms with E-state index in [1.54, 1.807) is 0 Å². The maximum atomic E-state index is 6.49. The quantitative estimate of drug-likeness (QED) is 0.180. The van der Waals surface area contributed by atoms with Crippen molar-refractivity contribution in [2.75, 3.05) is 0 Å². The van der Waals surface area contributed by atoms with E-state index in [9.17, 15) is 0 Å². The summed E-state index contributed by atoms with van der Waals surface area (Å²) in [6.07, 6.45) is 0. The third kappa shape index (κ3) is 5.32. The second-order valence-corrected chi connectivity index (χ2v) is 16.0. The van der Waals surface area contributed by atoms with E-state index in [2.05, 4.69) is 202 Å². The molecule has 11 rings (SSSR count). The molecule has 0 aliphatic heterocycles. The Labute approximate surface area is 347 Å². The normalized spacial score (nSPS) is 11.7. The zero-order valence-corrected chi connectivity index (χ0v) is 33.9. The minimum absolute atomic E-state index is 0.890. The monoisotopic (exact) mass is 748 g/mol. The predicted molar refractivity (Wildman–Crippen MR) is 266 cm³/mol. The maximum Gasteiger partial charge on any atom is 0.144 e. The number of rotatable bonds is 5. The Bertz CT molecular complexity index is 3490. The topological polar surface area (TPSA) is 31.0 Å². The van der Waals surface area contributed by atoms with Gasteiger partial charge in [0.2, 0.25) is 0 Å². The van der Waals surface area contributed by atoms with Gasteiger partial charge in [-0.3, -0.25) is 4.57 Å². The van der Waals surface area contributed by atoms with Gasteiger partial charge in [0.25, 0.3) is 0 Å². The Hall–Kier alpha value is -6.91. The summed E-state index contributed by atoms with van der Waals surface area (Å²) in [5, 5.41) is 7.03. The lowest BCUT2D eigenvalue weighted by molar-refractivity contribution is 0.669. The molecule has 0 spiro atoms. The van der Waals surface area contributed by atoms with Crippen molar-refractivity contribution in [2.24, 2.45) is 0 Å². The highest BCUT2D eigenvalue weighted by Gasteiger charge is 2.25. The highest BCUT2D eigenvalue weighted by Crippen LogP contribution is 2.49. The van der Waals surface area contributed by atoms with Crippen LogP contribution in [-0.4, -0.2) is 48.8 Å². The van der Waals surface area contributed by atoms with Gasteiger partial charge >= 0.3 is 0 Å². The first-order valence-electron chi connectivity index (χ1n) is 20.5. The largest absolute Gasteiger partial charge is 0.456 e. The van der Waals surface area contributed by atoms with Crippen LogP contribution in [0.3, 0.4) is 0 Å². The molecular weight excluding hydrogens is 711 g/mol. The first-order valence-corrected chi connectivity index (χ1v) is 20.5. The molecule has 8 heteroatoms. The van der Waals surface area contributed by atoms with Gasteiger partial charge in [-0.15, -0.1) is 16.4 Å². The molecule has 0 aliphatic rings. The van der Waals surface area contributed by atoms with Crippen LogP contribution in [0.4, 0.5) is 0 Å². The van der Waals surface area contributed by atoms with Crippen LogP contribution in [-0.2, 0) is 0 Å². The van der Waals surface area contributed by atoms with Gasteiger partial charge in [-0.05, 0) is 85.8 Å². The summed E-state index contributed by atoms with van der Waals surface area (Å²) in [5.74, 6) is 0.968. The van der Waals surface area contributed by atoms with Gasteiger partial charge in [-0.1, -0.05) is 138 Å². The Kier molecular flexibility index (Phi) is 8.13. The van der Waals surface area contributed by atoms with Crippen molar-refractivity contribution < 1.29 is 4.42 Å². The van der Waals surface area contributed by atoms with E-state index in [0.717, 1.165) is 55.6 Å². The molecule has 0 amide bonds. The van der Waals surface area contributed by atoms with E-state index in [1.807, 2.05) is 6.07 Å². The fraction of sp³-hybridized carbons (Fsp3) is 0. The van der Waals surface area contributed by atoms with Gasteiger partial charge in [0.1, 0.15) is 56.2 Å². The molecular formula is C51H37B5N2O. The second kappa shape index (κ2) is 13.6. The summed E-state index contributed by atoms with van der Waals surface area (Å²) in [5.41, 5.74) is 19.8. The SMILES string of the molecule is Bc1c(B)c(B)c(-c2nc3ccccc3n2-c2ccccc2-c2c3ccccc3c(-c3cccc4oc5ccccc5c34)c3cc(-c4ccccc4)ccc23)c(B)c1B. The van der Waals surface area contributed by atoms with Crippen LogP contribution in [0.5, 0.6) is 0 Å². The zero-order valence-electron chi connectivity index (χ0n) is 33.9. The number of imidazole rings is 1. The number of nitrogens with zero attached hydrogens (tertiary/aromatic N) is 2. The van der Waals surface area contributed by atoms with Crippen molar-refractivity contribution >= 4 is 121 Å². The number of hydrogen-bond acceptors (Lipinski definition) is 2. The van der Waals surface area contributed by atoms with E-state index in [-0.39, 0.29) is 0 Å². The Morgan fingerprint density at radius 2 is 0.983 bits per heavy atom. The summed E-state index contributed by atoms with van der Waals surface area (Å²) in [6, 6.07) is 59.1. The van der Waals surface area contributed by atoms with Crippen molar-refractivity contribution in [3.8, 4) is 50.5 Å². The lowest BCUT2D eigenvalue weighted by Crippen LogP contribution is -2.55. The molecule has 0 aliphatic carbocycles. The van der Waals surface area contributed by atoms with Crippen molar-refractivity contribution in [3.05, 3.63) is 164 Å². The molecule has 0 unspecified atom stereocenters. The molecule has 0 bridgehead atoms. The maximum absolute atomic E-state index is 6.49. The number of furan rings is 1. The summed E-state index contributed by atoms with van der Waals surface area (Å²) in [6.45, 7) is 0. The van der Waals surface area contributed by atoms with Crippen molar-refractivity contribution in [1.82, 2.24) is 9.55 Å². The van der Waals surface area contributed by atoms with Crippen LogP contribution in [0.2, 0.25) is 0 Å². The van der Waals surface area contributed by atoms with E-state index < -0.39 is 0 Å². The molecule has 11 aromatic rings. The van der Waals surface area contributed by atoms with Crippen LogP contribution >= 0.6 is 0 Å². The molecule has 0 fully saturated rings. The molecule has 9 aromatic carbocycles. The minimum atomic E-state index is 0.890. The van der Waals surface area contributed by atoms with Crippen LogP contribution in [0.15, 0.2) is 168 Å². The van der Waals surface area contributed by atoms with Gasteiger partial charge in [-0.2, -0.15) is 0 Å². The molecule has 0 saturated carbocycles. The second-order valence-electron chi connectivity index (χ2n) is 16.0. The van der Waals surface area contributed by atoms with E-state index in [4.69, 9.17) is 9.40 Å². The molecule has 272 valence electrons. The van der Waals surface area contributed by atoms with Crippen molar-refractivity contribution in [3.63, 3.8) is 0 Å². The number of fused-ring (bicyclic) bond motifs is 6. The minimum Gasteiger partial charge on any atom is -0.456 e. The van der Waals surface area contributed by atoms with Crippen LogP contribution in [0.25, 0.3) is 105 Å². The third-order valence-electron chi connectivity index (χ3n) is 13.0. The van der Waals surface area contributed by atoms with Crippen LogP contribution in [0.1, 0.15) is 0 Å². The van der Waals surface area contributed by atoms with E-state index in [0.29, 0.717) is 0 Å². The lowest BCUT2D eigenvalue weighted by atomic mass is 9.60. The fourth-order valence-electron chi connectivity index (χ4n) is 9.70. The number of aromatic nitrogens is 2. The third-order valence-corrected chi connectivity index (χ3v) is 13.0. The Morgan fingerprint density at radius 1 is 0.407 bits per heavy atom. The number of para-hydroxylation sites is 4. The van der Waals surface area contributed by atoms with Gasteiger partial charge in [0.05, 0.1) is 16.7 Å². The molecule has 0 radical (unpaired) electrons. The first-order chi connectivity index (χ1) is 28.9. The molecule has 0 saturated heterocycles.